The molecule has 19 heavy (non-hydrogen) atoms. The Morgan fingerprint density at radius 1 is 1.16 bits per heavy atom. The average molecular weight is 278 g/mol. The summed E-state index contributed by atoms with van der Waals surface area (Å²) in [5.41, 5.74) is 1.61. The number of aryl methyl sites for hydroxylation is 1. The van der Waals surface area contributed by atoms with Crippen molar-refractivity contribution < 1.29 is 13.6 Å². The second kappa shape index (κ2) is 5.97. The molecule has 4 heteroatoms. The Bertz CT molecular complexity index is 611. The summed E-state index contributed by atoms with van der Waals surface area (Å²) in [5.74, 6) is -1.20. The number of carbonyl (C=O) groups excluding carboxylic acids is 1. The number of Topliss-reactive ketones (excluding diaryl/α,β-unsaturated/α-hetero) is 1. The number of ketones is 1. The fraction of sp³-hybridized carbons (Fsp3) is 0.133. The summed E-state index contributed by atoms with van der Waals surface area (Å²) in [4.78, 5) is 12.2. The summed E-state index contributed by atoms with van der Waals surface area (Å²) in [6.45, 7) is 1.91. The average Bonchev–Trinajstić information content (AvgIpc) is 2.37. The summed E-state index contributed by atoms with van der Waals surface area (Å²) in [6, 6.07) is 10.6. The third kappa shape index (κ3) is 3.64. The van der Waals surface area contributed by atoms with Gasteiger partial charge in [0.15, 0.2) is 5.78 Å². The smallest absolute Gasteiger partial charge is 0.173 e. The van der Waals surface area contributed by atoms with E-state index in [1.54, 1.807) is 12.1 Å². The second-order valence-electron chi connectivity index (χ2n) is 4.16. The lowest BCUT2D eigenvalue weighted by atomic mass is 10.1. The highest BCUT2D eigenvalue weighted by atomic mass is 32.2. The summed E-state index contributed by atoms with van der Waals surface area (Å²) < 4.78 is 26.1. The van der Waals surface area contributed by atoms with Gasteiger partial charge in [0.1, 0.15) is 11.6 Å². The third-order valence-electron chi connectivity index (χ3n) is 2.59. The molecule has 0 aliphatic carbocycles. The molecule has 0 spiro atoms. The van der Waals surface area contributed by atoms with Crippen LogP contribution in [0, 0.1) is 18.6 Å². The number of benzene rings is 2. The van der Waals surface area contributed by atoms with Crippen LogP contribution < -0.4 is 0 Å². The van der Waals surface area contributed by atoms with Gasteiger partial charge in [0.2, 0.25) is 0 Å². The summed E-state index contributed by atoms with van der Waals surface area (Å²) in [5, 5.41) is 0. The highest BCUT2D eigenvalue weighted by molar-refractivity contribution is 8.00. The number of halogens is 2. The maximum atomic E-state index is 13.4. The molecule has 0 radical (unpaired) electrons. The van der Waals surface area contributed by atoms with Gasteiger partial charge in [-0.15, -0.1) is 11.8 Å². The van der Waals surface area contributed by atoms with Crippen molar-refractivity contribution in [3.8, 4) is 0 Å². The van der Waals surface area contributed by atoms with Crippen molar-refractivity contribution in [3.63, 3.8) is 0 Å². The molecule has 0 unspecified atom stereocenters. The first kappa shape index (κ1) is 13.7. The molecule has 0 fully saturated rings. The van der Waals surface area contributed by atoms with Gasteiger partial charge in [0, 0.05) is 16.5 Å². The lowest BCUT2D eigenvalue weighted by Crippen LogP contribution is -2.02. The molecule has 0 amide bonds. The molecule has 0 aliphatic rings. The molecular weight excluding hydrogens is 266 g/mol. The Hall–Kier alpha value is -1.68. The van der Waals surface area contributed by atoms with Crippen LogP contribution in [0.15, 0.2) is 47.4 Å². The Labute approximate surface area is 114 Å². The van der Waals surface area contributed by atoms with Gasteiger partial charge in [-0.2, -0.15) is 0 Å². The molecule has 98 valence electrons. The third-order valence-corrected chi connectivity index (χ3v) is 3.64. The van der Waals surface area contributed by atoms with Gasteiger partial charge in [0.25, 0.3) is 0 Å². The zero-order valence-electron chi connectivity index (χ0n) is 10.3. The molecule has 0 heterocycles. The Morgan fingerprint density at radius 3 is 2.63 bits per heavy atom. The van der Waals surface area contributed by atoms with Gasteiger partial charge in [-0.1, -0.05) is 23.8 Å². The molecule has 0 aliphatic heterocycles. The molecule has 0 saturated heterocycles. The van der Waals surface area contributed by atoms with Crippen LogP contribution in [0.2, 0.25) is 0 Å². The zero-order chi connectivity index (χ0) is 13.8. The van der Waals surface area contributed by atoms with Crippen LogP contribution in [0.25, 0.3) is 0 Å². The highest BCUT2D eigenvalue weighted by Crippen LogP contribution is 2.23. The van der Waals surface area contributed by atoms with E-state index in [9.17, 15) is 13.6 Å². The quantitative estimate of drug-likeness (QED) is 0.614. The van der Waals surface area contributed by atoms with Crippen LogP contribution in [0.1, 0.15) is 15.9 Å². The molecule has 0 atom stereocenters. The summed E-state index contributed by atoms with van der Waals surface area (Å²) in [6.07, 6.45) is 0. The number of rotatable bonds is 4. The predicted octanol–water partition coefficient (Wildman–Crippen LogP) is 4.25. The molecule has 0 N–H and O–H groups in total. The van der Waals surface area contributed by atoms with E-state index in [1.807, 2.05) is 19.1 Å². The van der Waals surface area contributed by atoms with E-state index in [0.29, 0.717) is 5.56 Å². The normalized spacial score (nSPS) is 10.5. The van der Waals surface area contributed by atoms with Gasteiger partial charge in [-0.3, -0.25) is 4.79 Å². The standard InChI is InChI=1S/C15H12F2OS/c1-10-3-2-4-11(7-10)14(18)9-19-15-6-5-12(16)8-13(15)17/h2-8H,9H2,1H3. The van der Waals surface area contributed by atoms with Crippen LogP contribution >= 0.6 is 11.8 Å². The molecule has 0 aromatic heterocycles. The maximum absolute atomic E-state index is 13.4. The van der Waals surface area contributed by atoms with Gasteiger partial charge in [-0.05, 0) is 25.1 Å². The maximum Gasteiger partial charge on any atom is 0.173 e. The second-order valence-corrected chi connectivity index (χ2v) is 5.17. The van der Waals surface area contributed by atoms with E-state index in [1.165, 1.54) is 12.1 Å². The largest absolute Gasteiger partial charge is 0.293 e. The minimum absolute atomic E-state index is 0.0718. The summed E-state index contributed by atoms with van der Waals surface area (Å²) >= 11 is 1.07. The van der Waals surface area contributed by atoms with Crippen molar-refractivity contribution in [2.45, 2.75) is 11.8 Å². The van der Waals surface area contributed by atoms with Gasteiger partial charge in [0.05, 0.1) is 5.75 Å². The van der Waals surface area contributed by atoms with Crippen molar-refractivity contribution in [1.82, 2.24) is 0 Å². The number of hydrogen-bond donors (Lipinski definition) is 0. The van der Waals surface area contributed by atoms with Crippen molar-refractivity contribution in [1.29, 1.82) is 0 Å². The van der Waals surface area contributed by atoms with E-state index >= 15 is 0 Å². The van der Waals surface area contributed by atoms with Gasteiger partial charge in [-0.25, -0.2) is 8.78 Å². The molecule has 0 bridgehead atoms. The molecular formula is C15H12F2OS. The van der Waals surface area contributed by atoms with Crippen LogP contribution in [0.3, 0.4) is 0 Å². The fourth-order valence-electron chi connectivity index (χ4n) is 1.64. The van der Waals surface area contributed by atoms with Crippen LogP contribution in [-0.2, 0) is 0 Å². The van der Waals surface area contributed by atoms with E-state index in [4.69, 9.17) is 0 Å². The first-order valence-corrected chi connectivity index (χ1v) is 6.72. The molecule has 1 nitrogen and oxygen atoms in total. The minimum atomic E-state index is -0.637. The van der Waals surface area contributed by atoms with Gasteiger partial charge >= 0.3 is 0 Å². The Morgan fingerprint density at radius 2 is 1.95 bits per heavy atom. The lowest BCUT2D eigenvalue weighted by Gasteiger charge is -2.04. The van der Waals surface area contributed by atoms with E-state index in [2.05, 4.69) is 0 Å². The van der Waals surface area contributed by atoms with Crippen molar-refractivity contribution in [2.75, 3.05) is 5.75 Å². The molecule has 2 aromatic carbocycles. The van der Waals surface area contributed by atoms with Crippen molar-refractivity contribution >= 4 is 17.5 Å². The number of carbonyl (C=O) groups is 1. The fourth-order valence-corrected chi connectivity index (χ4v) is 2.45. The molecule has 0 saturated carbocycles. The first-order valence-electron chi connectivity index (χ1n) is 5.74. The summed E-state index contributed by atoms with van der Waals surface area (Å²) in [7, 11) is 0. The first-order chi connectivity index (χ1) is 9.06. The minimum Gasteiger partial charge on any atom is -0.293 e. The topological polar surface area (TPSA) is 17.1 Å². The zero-order valence-corrected chi connectivity index (χ0v) is 11.1. The van der Waals surface area contributed by atoms with E-state index in [0.717, 1.165) is 23.4 Å². The molecule has 2 aromatic rings. The lowest BCUT2D eigenvalue weighted by molar-refractivity contribution is 0.102. The Kier molecular flexibility index (Phi) is 4.32. The molecule has 2 rings (SSSR count). The van der Waals surface area contributed by atoms with E-state index in [-0.39, 0.29) is 16.4 Å². The van der Waals surface area contributed by atoms with Crippen LogP contribution in [0.4, 0.5) is 8.78 Å². The van der Waals surface area contributed by atoms with Crippen LogP contribution in [-0.4, -0.2) is 11.5 Å². The highest BCUT2D eigenvalue weighted by Gasteiger charge is 2.09. The van der Waals surface area contributed by atoms with Crippen molar-refractivity contribution in [3.05, 3.63) is 65.2 Å². The van der Waals surface area contributed by atoms with Crippen LogP contribution in [0.5, 0.6) is 0 Å². The van der Waals surface area contributed by atoms with Crippen molar-refractivity contribution in [2.24, 2.45) is 0 Å². The van der Waals surface area contributed by atoms with E-state index < -0.39 is 11.6 Å². The predicted molar refractivity (Wildman–Crippen MR) is 72.6 cm³/mol. The monoisotopic (exact) mass is 278 g/mol. The van der Waals surface area contributed by atoms with Gasteiger partial charge < -0.3 is 0 Å². The Balaban J connectivity index is 2.04. The number of hydrogen-bond acceptors (Lipinski definition) is 2. The SMILES string of the molecule is Cc1cccc(C(=O)CSc2ccc(F)cc2F)c1. The number of thioether (sulfide) groups is 1.